The van der Waals surface area contributed by atoms with Crippen molar-refractivity contribution in [3.05, 3.63) is 0 Å². The van der Waals surface area contributed by atoms with Gasteiger partial charge in [-0.15, -0.1) is 0 Å². The number of aliphatic hydroxyl groups is 2. The number of carbonyl (C=O) groups excluding carboxylic acids is 2. The second kappa shape index (κ2) is 19.4. The molecule has 7 saturated carbocycles. The predicted octanol–water partition coefficient (Wildman–Crippen LogP) is 6.82. The van der Waals surface area contributed by atoms with Gasteiger partial charge in [0.05, 0.1) is 18.8 Å². The maximum Gasteiger partial charge on any atom is 0.240 e. The van der Waals surface area contributed by atoms with Crippen LogP contribution in [0.15, 0.2) is 0 Å². The minimum absolute atomic E-state index is 0.00621. The zero-order valence-electron chi connectivity index (χ0n) is 37.6. The molecule has 1 saturated heterocycles. The Morgan fingerprint density at radius 3 is 2.14 bits per heavy atom. The third-order valence-corrected chi connectivity index (χ3v) is 18.2. The van der Waals surface area contributed by atoms with Crippen molar-refractivity contribution >= 4 is 11.8 Å². The van der Waals surface area contributed by atoms with Gasteiger partial charge in [-0.2, -0.15) is 5.06 Å². The summed E-state index contributed by atoms with van der Waals surface area (Å²) in [5.74, 6) is 4.14. The SMILES string of the molecule is COC1C(CN2O[C@@H](CO)[C@H]([C@H](C)O)[C@H]2C(=O)N[C@H]2C[C@H]3C[C@@H]([C@@H]2C)C3(C)C)CCCC1C1CC(C(=O)NCC(C2CCCCC2)C2CCCCC2)CC(N(C)C)C1. The normalized spacial score (nSPS) is 40.6. The number of carbonyl (C=O) groups is 2. The molecule has 10 nitrogen and oxygen atoms in total. The highest BCUT2D eigenvalue weighted by Crippen LogP contribution is 2.61. The average molecular weight is 813 g/mol. The van der Waals surface area contributed by atoms with Gasteiger partial charge in [-0.05, 0) is 119 Å². The van der Waals surface area contributed by atoms with E-state index >= 15 is 0 Å². The summed E-state index contributed by atoms with van der Waals surface area (Å²) in [6.45, 7) is 9.85. The number of fused-ring (bicyclic) bond motifs is 2. The van der Waals surface area contributed by atoms with E-state index in [9.17, 15) is 19.8 Å². The van der Waals surface area contributed by atoms with Crippen molar-refractivity contribution in [2.45, 2.75) is 180 Å². The molecule has 0 aromatic heterocycles. The van der Waals surface area contributed by atoms with Crippen LogP contribution in [0.3, 0.4) is 0 Å². The number of nitrogens with zero attached hydrogens (tertiary/aromatic N) is 2. The smallest absolute Gasteiger partial charge is 0.240 e. The van der Waals surface area contributed by atoms with E-state index < -0.39 is 24.2 Å². The monoisotopic (exact) mass is 813 g/mol. The minimum Gasteiger partial charge on any atom is -0.394 e. The lowest BCUT2D eigenvalue weighted by Gasteiger charge is -2.62. The molecule has 14 atom stereocenters. The van der Waals surface area contributed by atoms with Crippen LogP contribution in [0.4, 0.5) is 0 Å². The van der Waals surface area contributed by atoms with Crippen LogP contribution in [0.1, 0.15) is 143 Å². The summed E-state index contributed by atoms with van der Waals surface area (Å²) in [7, 11) is 6.18. The fourth-order valence-corrected chi connectivity index (χ4v) is 14.6. The van der Waals surface area contributed by atoms with Gasteiger partial charge in [0.2, 0.25) is 11.8 Å². The van der Waals surface area contributed by atoms with Crippen LogP contribution in [-0.2, 0) is 19.2 Å². The first kappa shape index (κ1) is 44.7. The third-order valence-electron chi connectivity index (χ3n) is 18.2. The highest BCUT2D eigenvalue weighted by Gasteiger charge is 2.58. The van der Waals surface area contributed by atoms with Crippen LogP contribution in [0.25, 0.3) is 0 Å². The first-order chi connectivity index (χ1) is 27.8. The molecule has 0 aromatic carbocycles. The van der Waals surface area contributed by atoms with Gasteiger partial charge < -0.3 is 30.5 Å². The quantitative estimate of drug-likeness (QED) is 0.151. The van der Waals surface area contributed by atoms with Gasteiger partial charge >= 0.3 is 0 Å². The van der Waals surface area contributed by atoms with Gasteiger partial charge in [0.15, 0.2) is 0 Å². The molecule has 8 rings (SSSR count). The van der Waals surface area contributed by atoms with Crippen molar-refractivity contribution in [3.63, 3.8) is 0 Å². The Hall–Kier alpha value is -1.30. The number of hydrogen-bond acceptors (Lipinski definition) is 8. The van der Waals surface area contributed by atoms with Crippen LogP contribution in [-0.4, -0.2) is 109 Å². The average Bonchev–Trinajstić information content (AvgIpc) is 3.60. The van der Waals surface area contributed by atoms with Crippen LogP contribution < -0.4 is 10.6 Å². The highest BCUT2D eigenvalue weighted by molar-refractivity contribution is 5.83. The molecule has 7 aliphatic carbocycles. The first-order valence-electron chi connectivity index (χ1n) is 24.3. The van der Waals surface area contributed by atoms with Gasteiger partial charge in [-0.1, -0.05) is 91.4 Å². The Balaban J connectivity index is 1.03. The Morgan fingerprint density at radius 2 is 1.57 bits per heavy atom. The zero-order valence-corrected chi connectivity index (χ0v) is 37.6. The van der Waals surface area contributed by atoms with E-state index in [2.05, 4.69) is 50.4 Å². The molecule has 2 amide bonds. The van der Waals surface area contributed by atoms with Crippen LogP contribution >= 0.6 is 0 Å². The molecule has 1 heterocycles. The number of hydrogen-bond donors (Lipinski definition) is 4. The topological polar surface area (TPSA) is 124 Å². The number of methoxy groups -OCH3 is 1. The number of hydroxylamine groups is 2. The highest BCUT2D eigenvalue weighted by atomic mass is 16.7. The van der Waals surface area contributed by atoms with Crippen LogP contribution in [0, 0.1) is 70.5 Å². The van der Waals surface area contributed by atoms with E-state index in [1.165, 1.54) is 70.6 Å². The zero-order chi connectivity index (χ0) is 41.3. The molecule has 4 N–H and O–H groups in total. The maximum atomic E-state index is 14.4. The largest absolute Gasteiger partial charge is 0.394 e. The van der Waals surface area contributed by atoms with Crippen molar-refractivity contribution in [2.24, 2.45) is 70.5 Å². The van der Waals surface area contributed by atoms with Gasteiger partial charge in [0.25, 0.3) is 0 Å². The molecule has 332 valence electrons. The molecule has 8 fully saturated rings. The second-order valence-electron chi connectivity index (χ2n) is 21.8. The van der Waals surface area contributed by atoms with E-state index in [-0.39, 0.29) is 42.4 Å². The molecular weight excluding hydrogens is 729 g/mol. The third kappa shape index (κ3) is 9.38. The maximum absolute atomic E-state index is 14.4. The fourth-order valence-electron chi connectivity index (χ4n) is 14.6. The number of aliphatic hydroxyl groups excluding tert-OH is 2. The van der Waals surface area contributed by atoms with Crippen molar-refractivity contribution in [2.75, 3.05) is 40.9 Å². The number of ether oxygens (including phenoxy) is 1. The van der Waals surface area contributed by atoms with E-state index in [0.717, 1.165) is 63.3 Å². The summed E-state index contributed by atoms with van der Waals surface area (Å²) in [4.78, 5) is 37.5. The van der Waals surface area contributed by atoms with Gasteiger partial charge in [-0.3, -0.25) is 14.4 Å². The molecule has 2 bridgehead atoms. The Morgan fingerprint density at radius 1 is 0.897 bits per heavy atom. The minimum atomic E-state index is -0.819. The molecule has 10 heteroatoms. The van der Waals surface area contributed by atoms with Crippen molar-refractivity contribution in [1.82, 2.24) is 20.6 Å². The van der Waals surface area contributed by atoms with E-state index in [1.807, 2.05) is 12.2 Å². The predicted molar refractivity (Wildman–Crippen MR) is 228 cm³/mol. The van der Waals surface area contributed by atoms with Gasteiger partial charge in [0, 0.05) is 50.0 Å². The van der Waals surface area contributed by atoms with Crippen LogP contribution in [0.2, 0.25) is 0 Å². The summed E-state index contributed by atoms with van der Waals surface area (Å²) in [5.41, 5.74) is 0.320. The van der Waals surface area contributed by atoms with Gasteiger partial charge in [0.1, 0.15) is 12.1 Å². The molecule has 8 aliphatic rings. The summed E-state index contributed by atoms with van der Waals surface area (Å²) < 4.78 is 6.48. The Kier molecular flexibility index (Phi) is 15.0. The summed E-state index contributed by atoms with van der Waals surface area (Å²) in [5, 5.41) is 30.4. The van der Waals surface area contributed by atoms with E-state index in [1.54, 1.807) is 6.92 Å². The van der Waals surface area contributed by atoms with Crippen LogP contribution in [0.5, 0.6) is 0 Å². The van der Waals surface area contributed by atoms with E-state index in [4.69, 9.17) is 9.57 Å². The van der Waals surface area contributed by atoms with Crippen molar-refractivity contribution in [1.29, 1.82) is 0 Å². The standard InChI is InChI=1S/C48H84N4O6/c1-29-40-24-36(48(40,3)4)25-41(29)50-47(56)44-43(30(2)54)42(28-53)58-52(44)27-33-19-14-20-38(45(33)57-7)34-21-35(23-37(22-34)51(5)6)46(55)49-26-39(31-15-10-8-11-16-31)32-17-12-9-13-18-32/h29-45,53-54H,8-28H2,1-7H3,(H,49,55)(H,50,56)/t29-,30-,33?,34?,35?,36+,37?,38?,40-,41-,42-,43-,44-,45?/m0/s1. The van der Waals surface area contributed by atoms with E-state index in [0.29, 0.717) is 53.5 Å². The molecule has 0 spiro atoms. The Bertz CT molecular complexity index is 1330. The lowest BCUT2D eigenvalue weighted by atomic mass is 9.45. The van der Waals surface area contributed by atoms with Gasteiger partial charge in [-0.25, -0.2) is 0 Å². The lowest BCUT2D eigenvalue weighted by molar-refractivity contribution is -0.193. The number of nitrogens with one attached hydrogen (secondary N) is 2. The lowest BCUT2D eigenvalue weighted by Crippen LogP contribution is -2.62. The summed E-state index contributed by atoms with van der Waals surface area (Å²) in [6, 6.07) is -0.252. The Labute approximate surface area is 352 Å². The second-order valence-corrected chi connectivity index (χ2v) is 21.8. The molecule has 0 radical (unpaired) electrons. The number of amides is 2. The molecular formula is C48H84N4O6. The molecule has 0 aromatic rings. The molecule has 1 aliphatic heterocycles. The number of rotatable bonds is 14. The van der Waals surface area contributed by atoms with Crippen molar-refractivity contribution in [3.8, 4) is 0 Å². The molecule has 6 unspecified atom stereocenters. The first-order valence-corrected chi connectivity index (χ1v) is 24.3. The summed E-state index contributed by atoms with van der Waals surface area (Å²) in [6.07, 6.45) is 20.1. The summed E-state index contributed by atoms with van der Waals surface area (Å²) >= 11 is 0. The fraction of sp³-hybridized carbons (Fsp3) is 0.958. The molecule has 58 heavy (non-hydrogen) atoms. The van der Waals surface area contributed by atoms with Crippen molar-refractivity contribution < 1.29 is 29.4 Å².